The Bertz CT molecular complexity index is 942. The molecule has 0 saturated heterocycles. The number of benzene rings is 1. The highest BCUT2D eigenvalue weighted by Gasteiger charge is 2.21. The van der Waals surface area contributed by atoms with E-state index in [1.807, 2.05) is 0 Å². The SMILES string of the molecule is Cc1ccc(S(=O)(=O)Nc2cncnc2-n2cccn2)c(F)c1. The molecule has 3 rings (SSSR count). The van der Waals surface area contributed by atoms with E-state index in [9.17, 15) is 12.8 Å². The number of rotatable bonds is 4. The molecule has 118 valence electrons. The summed E-state index contributed by atoms with van der Waals surface area (Å²) in [6, 6.07) is 5.56. The lowest BCUT2D eigenvalue weighted by Crippen LogP contribution is -2.17. The third-order valence-electron chi connectivity index (χ3n) is 3.03. The molecule has 0 atom stereocenters. The van der Waals surface area contributed by atoms with Crippen LogP contribution in [0.25, 0.3) is 5.82 Å². The summed E-state index contributed by atoms with van der Waals surface area (Å²) in [6.45, 7) is 1.67. The molecule has 0 aliphatic rings. The highest BCUT2D eigenvalue weighted by atomic mass is 32.2. The number of aryl methyl sites for hydroxylation is 1. The van der Waals surface area contributed by atoms with Crippen molar-refractivity contribution in [2.75, 3.05) is 4.72 Å². The van der Waals surface area contributed by atoms with Gasteiger partial charge in [0.15, 0.2) is 5.82 Å². The zero-order valence-corrected chi connectivity index (χ0v) is 12.8. The van der Waals surface area contributed by atoms with Gasteiger partial charge in [-0.1, -0.05) is 6.07 Å². The molecule has 7 nitrogen and oxygen atoms in total. The number of nitrogens with one attached hydrogen (secondary N) is 1. The molecule has 0 aliphatic carbocycles. The number of sulfonamides is 1. The van der Waals surface area contributed by atoms with Crippen molar-refractivity contribution in [2.45, 2.75) is 11.8 Å². The Morgan fingerprint density at radius 2 is 2.13 bits per heavy atom. The summed E-state index contributed by atoms with van der Waals surface area (Å²) in [5, 5.41) is 4.00. The monoisotopic (exact) mass is 333 g/mol. The van der Waals surface area contributed by atoms with Crippen LogP contribution in [0.4, 0.5) is 10.1 Å². The van der Waals surface area contributed by atoms with E-state index in [0.717, 1.165) is 6.07 Å². The highest BCUT2D eigenvalue weighted by molar-refractivity contribution is 7.92. The second-order valence-electron chi connectivity index (χ2n) is 4.75. The molecule has 9 heteroatoms. The Kier molecular flexibility index (Phi) is 3.78. The molecule has 0 spiro atoms. The lowest BCUT2D eigenvalue weighted by molar-refractivity contribution is 0.569. The van der Waals surface area contributed by atoms with E-state index in [1.165, 1.54) is 35.5 Å². The largest absolute Gasteiger partial charge is 0.274 e. The second kappa shape index (κ2) is 5.76. The molecule has 0 saturated carbocycles. The maximum absolute atomic E-state index is 14.0. The van der Waals surface area contributed by atoms with E-state index < -0.39 is 20.7 Å². The maximum Gasteiger partial charge on any atom is 0.264 e. The van der Waals surface area contributed by atoms with E-state index in [2.05, 4.69) is 19.8 Å². The van der Waals surface area contributed by atoms with Crippen molar-refractivity contribution in [2.24, 2.45) is 0 Å². The van der Waals surface area contributed by atoms with Gasteiger partial charge < -0.3 is 0 Å². The Balaban J connectivity index is 2.02. The van der Waals surface area contributed by atoms with Crippen LogP contribution in [0.1, 0.15) is 5.56 Å². The number of nitrogens with zero attached hydrogens (tertiary/aromatic N) is 4. The van der Waals surface area contributed by atoms with Gasteiger partial charge in [0.1, 0.15) is 22.7 Å². The van der Waals surface area contributed by atoms with Crippen LogP contribution in [0.15, 0.2) is 54.1 Å². The topological polar surface area (TPSA) is 89.8 Å². The number of halogens is 1. The quantitative estimate of drug-likeness (QED) is 0.788. The lowest BCUT2D eigenvalue weighted by atomic mass is 10.2. The van der Waals surface area contributed by atoms with Gasteiger partial charge in [0.2, 0.25) is 0 Å². The first-order chi connectivity index (χ1) is 11.0. The second-order valence-corrected chi connectivity index (χ2v) is 6.40. The van der Waals surface area contributed by atoms with Crippen molar-refractivity contribution in [1.29, 1.82) is 0 Å². The first-order valence-electron chi connectivity index (χ1n) is 6.56. The fraction of sp³-hybridized carbons (Fsp3) is 0.0714. The summed E-state index contributed by atoms with van der Waals surface area (Å²) in [4.78, 5) is 7.35. The minimum Gasteiger partial charge on any atom is -0.274 e. The Morgan fingerprint density at radius 3 is 2.83 bits per heavy atom. The highest BCUT2D eigenvalue weighted by Crippen LogP contribution is 2.22. The lowest BCUT2D eigenvalue weighted by Gasteiger charge is -2.11. The van der Waals surface area contributed by atoms with E-state index in [1.54, 1.807) is 19.2 Å². The maximum atomic E-state index is 14.0. The van der Waals surface area contributed by atoms with Gasteiger partial charge in [-0.25, -0.2) is 27.5 Å². The van der Waals surface area contributed by atoms with Crippen molar-refractivity contribution in [3.8, 4) is 5.82 Å². The first kappa shape index (κ1) is 15.1. The number of hydrogen-bond donors (Lipinski definition) is 1. The molecule has 23 heavy (non-hydrogen) atoms. The zero-order valence-electron chi connectivity index (χ0n) is 12.0. The summed E-state index contributed by atoms with van der Waals surface area (Å²) >= 11 is 0. The molecule has 0 bridgehead atoms. The third-order valence-corrected chi connectivity index (χ3v) is 4.43. The summed E-state index contributed by atoms with van der Waals surface area (Å²) in [7, 11) is -4.12. The van der Waals surface area contributed by atoms with Gasteiger partial charge in [-0.05, 0) is 30.7 Å². The van der Waals surface area contributed by atoms with Crippen LogP contribution < -0.4 is 4.72 Å². The van der Waals surface area contributed by atoms with Crippen molar-refractivity contribution in [3.63, 3.8) is 0 Å². The number of hydrogen-bond acceptors (Lipinski definition) is 5. The average Bonchev–Trinajstić information content (AvgIpc) is 3.01. The van der Waals surface area contributed by atoms with E-state index >= 15 is 0 Å². The molecular formula is C14H12FN5O2S. The van der Waals surface area contributed by atoms with Gasteiger partial charge in [-0.15, -0.1) is 0 Å². The van der Waals surface area contributed by atoms with E-state index in [-0.39, 0.29) is 11.5 Å². The average molecular weight is 333 g/mol. The number of aromatic nitrogens is 4. The molecule has 0 amide bonds. The molecule has 2 heterocycles. The minimum atomic E-state index is -4.12. The van der Waals surface area contributed by atoms with Crippen LogP contribution in [-0.4, -0.2) is 28.2 Å². The van der Waals surface area contributed by atoms with Gasteiger partial charge in [-0.2, -0.15) is 5.10 Å². The first-order valence-corrected chi connectivity index (χ1v) is 8.05. The van der Waals surface area contributed by atoms with Crippen LogP contribution >= 0.6 is 0 Å². The van der Waals surface area contributed by atoms with Gasteiger partial charge in [0.05, 0.1) is 6.20 Å². The van der Waals surface area contributed by atoms with Crippen LogP contribution in [0.2, 0.25) is 0 Å². The molecule has 0 unspecified atom stereocenters. The smallest absolute Gasteiger partial charge is 0.264 e. The van der Waals surface area contributed by atoms with Crippen molar-refractivity contribution in [1.82, 2.24) is 19.7 Å². The van der Waals surface area contributed by atoms with Crippen molar-refractivity contribution >= 4 is 15.7 Å². The predicted molar refractivity (Wildman–Crippen MR) is 81.1 cm³/mol. The summed E-state index contributed by atoms with van der Waals surface area (Å²) in [6.07, 6.45) is 5.68. The van der Waals surface area contributed by atoms with Gasteiger partial charge in [-0.3, -0.25) is 4.72 Å². The zero-order chi connectivity index (χ0) is 16.4. The van der Waals surface area contributed by atoms with Gasteiger partial charge in [0.25, 0.3) is 10.0 Å². The summed E-state index contributed by atoms with van der Waals surface area (Å²) < 4.78 is 42.5. The molecule has 1 aromatic carbocycles. The Hall–Kier alpha value is -2.81. The molecule has 2 aromatic heterocycles. The van der Waals surface area contributed by atoms with Gasteiger partial charge >= 0.3 is 0 Å². The summed E-state index contributed by atoms with van der Waals surface area (Å²) in [5.41, 5.74) is 0.720. The van der Waals surface area contributed by atoms with Crippen molar-refractivity contribution < 1.29 is 12.8 Å². The van der Waals surface area contributed by atoms with Crippen LogP contribution in [0, 0.1) is 12.7 Å². The molecule has 3 aromatic rings. The fourth-order valence-corrected chi connectivity index (χ4v) is 3.10. The van der Waals surface area contributed by atoms with Crippen LogP contribution in [-0.2, 0) is 10.0 Å². The molecule has 0 fully saturated rings. The standard InChI is InChI=1S/C14H12FN5O2S/c1-10-3-4-13(11(15)7-10)23(21,22)19-12-8-16-9-17-14(12)20-6-2-5-18-20/h2-9,19H,1H3. The van der Waals surface area contributed by atoms with E-state index in [4.69, 9.17) is 0 Å². The Morgan fingerprint density at radius 1 is 1.30 bits per heavy atom. The normalized spacial score (nSPS) is 11.4. The van der Waals surface area contributed by atoms with Gasteiger partial charge in [0, 0.05) is 12.4 Å². The fourth-order valence-electron chi connectivity index (χ4n) is 2.00. The van der Waals surface area contributed by atoms with Crippen LogP contribution in [0.5, 0.6) is 0 Å². The molecule has 0 radical (unpaired) electrons. The van der Waals surface area contributed by atoms with Crippen molar-refractivity contribution in [3.05, 3.63) is 60.6 Å². The summed E-state index contributed by atoms with van der Waals surface area (Å²) in [5.74, 6) is -0.587. The minimum absolute atomic E-state index is 0.0937. The molecular weight excluding hydrogens is 321 g/mol. The third kappa shape index (κ3) is 3.04. The van der Waals surface area contributed by atoms with Crippen LogP contribution in [0.3, 0.4) is 0 Å². The molecule has 0 aliphatic heterocycles. The Labute approximate surface area is 131 Å². The number of anilines is 1. The predicted octanol–water partition coefficient (Wildman–Crippen LogP) is 1.91. The van der Waals surface area contributed by atoms with E-state index in [0.29, 0.717) is 5.56 Å². The molecule has 1 N–H and O–H groups in total.